The largest absolute Gasteiger partial charge is 0.377 e. The molecule has 4 heteroatoms. The smallest absolute Gasteiger partial charge is 0.146 e. The van der Waals surface area contributed by atoms with Gasteiger partial charge < -0.3 is 5.32 Å². The summed E-state index contributed by atoms with van der Waals surface area (Å²) < 4.78 is 13.4. The second kappa shape index (κ2) is 4.40. The number of hydrogen-bond acceptors (Lipinski definition) is 3. The molecular weight excluding hydrogens is 211 g/mol. The first-order valence-corrected chi connectivity index (χ1v) is 5.57. The lowest BCUT2D eigenvalue weighted by Crippen LogP contribution is -2.01. The maximum Gasteiger partial charge on any atom is 0.146 e. The van der Waals surface area contributed by atoms with E-state index in [1.807, 2.05) is 18.4 Å². The molecule has 1 heterocycles. The van der Waals surface area contributed by atoms with Gasteiger partial charge in [0.25, 0.3) is 0 Å². The van der Waals surface area contributed by atoms with Crippen LogP contribution in [0.3, 0.4) is 0 Å². The Balaban J connectivity index is 2.05. The molecule has 0 saturated carbocycles. The van der Waals surface area contributed by atoms with Crippen LogP contribution in [-0.4, -0.2) is 4.98 Å². The Morgan fingerprint density at radius 2 is 2.33 bits per heavy atom. The van der Waals surface area contributed by atoms with Crippen LogP contribution in [0, 0.1) is 12.7 Å². The summed E-state index contributed by atoms with van der Waals surface area (Å²) in [4.78, 5) is 4.11. The van der Waals surface area contributed by atoms with E-state index in [1.165, 1.54) is 17.4 Å². The molecule has 0 radical (unpaired) electrons. The van der Waals surface area contributed by atoms with Crippen molar-refractivity contribution in [3.05, 3.63) is 46.2 Å². The van der Waals surface area contributed by atoms with Crippen LogP contribution in [0.4, 0.5) is 10.1 Å². The van der Waals surface area contributed by atoms with E-state index in [4.69, 9.17) is 0 Å². The van der Waals surface area contributed by atoms with Gasteiger partial charge in [0.15, 0.2) is 0 Å². The normalized spacial score (nSPS) is 10.3. The predicted molar refractivity (Wildman–Crippen MR) is 60.6 cm³/mol. The number of benzene rings is 1. The maximum atomic E-state index is 13.4. The van der Waals surface area contributed by atoms with Crippen molar-refractivity contribution in [2.75, 3.05) is 5.32 Å². The lowest BCUT2D eigenvalue weighted by Gasteiger charge is -2.06. The zero-order valence-electron chi connectivity index (χ0n) is 8.33. The summed E-state index contributed by atoms with van der Waals surface area (Å²) in [5.41, 5.74) is 4.14. The molecule has 78 valence electrons. The molecule has 0 aliphatic carbocycles. The minimum Gasteiger partial charge on any atom is -0.377 e. The van der Waals surface area contributed by atoms with Crippen LogP contribution in [0.25, 0.3) is 0 Å². The van der Waals surface area contributed by atoms with E-state index in [9.17, 15) is 4.39 Å². The molecule has 2 nitrogen and oxygen atoms in total. The molecule has 0 amide bonds. The number of nitrogens with one attached hydrogen (secondary N) is 1. The fourth-order valence-electron chi connectivity index (χ4n) is 1.27. The Morgan fingerprint density at radius 1 is 1.47 bits per heavy atom. The van der Waals surface area contributed by atoms with Gasteiger partial charge in [0.2, 0.25) is 0 Å². The SMILES string of the molecule is Cc1ccc(NCc2cscn2)c(F)c1. The van der Waals surface area contributed by atoms with Crippen molar-refractivity contribution in [2.24, 2.45) is 0 Å². The maximum absolute atomic E-state index is 13.4. The minimum atomic E-state index is -0.217. The van der Waals surface area contributed by atoms with E-state index in [1.54, 1.807) is 11.6 Å². The summed E-state index contributed by atoms with van der Waals surface area (Å²) in [5.74, 6) is -0.217. The Bertz CT molecular complexity index is 440. The van der Waals surface area contributed by atoms with Gasteiger partial charge in [-0.25, -0.2) is 9.37 Å². The molecule has 0 atom stereocenters. The average molecular weight is 222 g/mol. The van der Waals surface area contributed by atoms with E-state index in [-0.39, 0.29) is 5.82 Å². The Morgan fingerprint density at radius 3 is 3.00 bits per heavy atom. The molecule has 1 aromatic heterocycles. The van der Waals surface area contributed by atoms with Crippen LogP contribution < -0.4 is 5.32 Å². The van der Waals surface area contributed by atoms with E-state index in [0.29, 0.717) is 12.2 Å². The van der Waals surface area contributed by atoms with Crippen LogP contribution in [0.15, 0.2) is 29.1 Å². The van der Waals surface area contributed by atoms with E-state index in [2.05, 4.69) is 10.3 Å². The molecule has 0 unspecified atom stereocenters. The number of rotatable bonds is 3. The van der Waals surface area contributed by atoms with Crippen LogP contribution in [0.2, 0.25) is 0 Å². The highest BCUT2D eigenvalue weighted by Crippen LogP contribution is 2.16. The van der Waals surface area contributed by atoms with Crippen molar-refractivity contribution in [3.8, 4) is 0 Å². The van der Waals surface area contributed by atoms with Gasteiger partial charge >= 0.3 is 0 Å². The topological polar surface area (TPSA) is 24.9 Å². The fourth-order valence-corrected chi connectivity index (χ4v) is 1.83. The van der Waals surface area contributed by atoms with Gasteiger partial charge in [-0.05, 0) is 24.6 Å². The van der Waals surface area contributed by atoms with Crippen molar-refractivity contribution in [3.63, 3.8) is 0 Å². The van der Waals surface area contributed by atoms with Crippen LogP contribution >= 0.6 is 11.3 Å². The van der Waals surface area contributed by atoms with Crippen molar-refractivity contribution in [1.82, 2.24) is 4.98 Å². The first-order chi connectivity index (χ1) is 7.25. The lowest BCUT2D eigenvalue weighted by atomic mass is 10.2. The van der Waals surface area contributed by atoms with Gasteiger partial charge in [0.1, 0.15) is 5.82 Å². The number of anilines is 1. The molecule has 2 aromatic rings. The van der Waals surface area contributed by atoms with Crippen molar-refractivity contribution < 1.29 is 4.39 Å². The first-order valence-electron chi connectivity index (χ1n) is 4.63. The third-order valence-electron chi connectivity index (χ3n) is 2.07. The molecule has 0 bridgehead atoms. The van der Waals surface area contributed by atoms with Crippen molar-refractivity contribution in [1.29, 1.82) is 0 Å². The third-order valence-corrected chi connectivity index (χ3v) is 2.70. The highest BCUT2D eigenvalue weighted by Gasteiger charge is 2.01. The number of aryl methyl sites for hydroxylation is 1. The Labute approximate surface area is 91.8 Å². The minimum absolute atomic E-state index is 0.217. The molecule has 0 aliphatic heterocycles. The van der Waals surface area contributed by atoms with Crippen LogP contribution in [0.5, 0.6) is 0 Å². The standard InChI is InChI=1S/C11H11FN2S/c1-8-2-3-11(10(12)4-8)13-5-9-6-15-7-14-9/h2-4,6-7,13H,5H2,1H3. The van der Waals surface area contributed by atoms with Gasteiger partial charge in [-0.3, -0.25) is 0 Å². The molecule has 2 rings (SSSR count). The molecule has 1 aromatic carbocycles. The molecule has 15 heavy (non-hydrogen) atoms. The van der Waals surface area contributed by atoms with E-state index in [0.717, 1.165) is 11.3 Å². The van der Waals surface area contributed by atoms with Gasteiger partial charge in [0, 0.05) is 5.38 Å². The van der Waals surface area contributed by atoms with E-state index < -0.39 is 0 Å². The summed E-state index contributed by atoms with van der Waals surface area (Å²) in [5, 5.41) is 4.96. The van der Waals surface area contributed by atoms with Crippen molar-refractivity contribution >= 4 is 17.0 Å². The lowest BCUT2D eigenvalue weighted by molar-refractivity contribution is 0.629. The monoisotopic (exact) mass is 222 g/mol. The highest BCUT2D eigenvalue weighted by atomic mass is 32.1. The zero-order valence-corrected chi connectivity index (χ0v) is 9.14. The Kier molecular flexibility index (Phi) is 2.97. The molecular formula is C11H11FN2S. The molecule has 0 saturated heterocycles. The van der Waals surface area contributed by atoms with Crippen LogP contribution in [-0.2, 0) is 6.54 Å². The van der Waals surface area contributed by atoms with Crippen molar-refractivity contribution in [2.45, 2.75) is 13.5 Å². The molecule has 0 fully saturated rings. The highest BCUT2D eigenvalue weighted by molar-refractivity contribution is 7.07. The quantitative estimate of drug-likeness (QED) is 0.862. The summed E-state index contributed by atoms with van der Waals surface area (Å²) >= 11 is 1.54. The van der Waals surface area contributed by atoms with Gasteiger partial charge in [-0.15, -0.1) is 11.3 Å². The first kappa shape index (κ1) is 10.1. The number of halogens is 1. The fraction of sp³-hybridized carbons (Fsp3) is 0.182. The van der Waals surface area contributed by atoms with Crippen LogP contribution in [0.1, 0.15) is 11.3 Å². The molecule has 0 spiro atoms. The van der Waals surface area contributed by atoms with Gasteiger partial charge in [-0.2, -0.15) is 0 Å². The summed E-state index contributed by atoms with van der Waals surface area (Å²) in [6.07, 6.45) is 0. The number of thiazole rings is 1. The molecule has 0 aliphatic rings. The third kappa shape index (κ3) is 2.53. The number of hydrogen-bond donors (Lipinski definition) is 1. The summed E-state index contributed by atoms with van der Waals surface area (Å²) in [6, 6.07) is 5.15. The number of nitrogens with zero attached hydrogens (tertiary/aromatic N) is 1. The predicted octanol–water partition coefficient (Wildman–Crippen LogP) is 3.20. The Hall–Kier alpha value is -1.42. The number of aromatic nitrogens is 1. The zero-order chi connectivity index (χ0) is 10.7. The van der Waals surface area contributed by atoms with E-state index >= 15 is 0 Å². The summed E-state index contributed by atoms with van der Waals surface area (Å²) in [6.45, 7) is 2.43. The summed E-state index contributed by atoms with van der Waals surface area (Å²) in [7, 11) is 0. The average Bonchev–Trinajstić information content (AvgIpc) is 2.69. The second-order valence-corrected chi connectivity index (χ2v) is 4.04. The second-order valence-electron chi connectivity index (χ2n) is 3.32. The van der Waals surface area contributed by atoms with Gasteiger partial charge in [-0.1, -0.05) is 6.07 Å². The van der Waals surface area contributed by atoms with Gasteiger partial charge in [0.05, 0.1) is 23.4 Å². The molecule has 1 N–H and O–H groups in total.